The molecule has 1 fully saturated rings. The van der Waals surface area contributed by atoms with Crippen LogP contribution in [0, 0.1) is 17.7 Å². The normalized spacial score (nSPS) is 23.8. The zero-order valence-electron chi connectivity index (χ0n) is 15.9. The van der Waals surface area contributed by atoms with Crippen LogP contribution in [0.2, 0.25) is 0 Å². The monoisotopic (exact) mass is 382 g/mol. The maximum atomic E-state index is 14.1. The molecule has 3 atom stereocenters. The lowest BCUT2D eigenvalue weighted by Crippen LogP contribution is -2.51. The number of carbonyl (C=O) groups excluding carboxylic acids is 2. The highest BCUT2D eigenvalue weighted by molar-refractivity contribution is 5.97. The minimum atomic E-state index is -0.630. The number of rotatable bonds is 4. The molecule has 1 aromatic heterocycles. The van der Waals surface area contributed by atoms with Gasteiger partial charge in [0.25, 0.3) is 5.91 Å². The average Bonchev–Trinajstić information content (AvgIpc) is 3.48. The molecule has 0 spiro atoms. The molecule has 0 unspecified atom stereocenters. The van der Waals surface area contributed by atoms with Crippen molar-refractivity contribution in [2.24, 2.45) is 17.6 Å². The number of halogens is 1. The summed E-state index contributed by atoms with van der Waals surface area (Å²) in [5.74, 6) is -0.616. The predicted octanol–water partition coefficient (Wildman–Crippen LogP) is 3.25. The molecule has 28 heavy (non-hydrogen) atoms. The van der Waals surface area contributed by atoms with E-state index in [9.17, 15) is 14.0 Å². The van der Waals surface area contributed by atoms with Gasteiger partial charge in [0.15, 0.2) is 5.69 Å². The Labute approximate surface area is 162 Å². The molecule has 1 aromatic carbocycles. The standard InChI is InChI=1S/C21H23FN4O2/c1-11-18(25-16-4-3-9-24-19(16)21(23)28)15-10-14(22)7-8-17(15)26(12(2)27)20(11)13-5-6-13/h3-4,7-11,13,18,20,25H,5-6H2,1-2H3,(H2,23,28)/t11-,18-,20-/m1/s1. The first-order valence-electron chi connectivity index (χ1n) is 9.49. The number of nitrogens with zero attached hydrogens (tertiary/aromatic N) is 2. The molecule has 7 heteroatoms. The van der Waals surface area contributed by atoms with E-state index < -0.39 is 5.91 Å². The van der Waals surface area contributed by atoms with Crippen molar-refractivity contribution in [3.63, 3.8) is 0 Å². The summed E-state index contributed by atoms with van der Waals surface area (Å²) in [4.78, 5) is 30.1. The molecular formula is C21H23FN4O2. The van der Waals surface area contributed by atoms with Crippen molar-refractivity contribution in [3.05, 3.63) is 53.6 Å². The summed E-state index contributed by atoms with van der Waals surface area (Å²) in [7, 11) is 0. The van der Waals surface area contributed by atoms with Crippen molar-refractivity contribution in [1.82, 2.24) is 4.98 Å². The molecule has 2 aromatic rings. The molecule has 1 saturated carbocycles. The molecule has 0 saturated heterocycles. The minimum Gasteiger partial charge on any atom is -0.376 e. The number of primary amides is 1. The van der Waals surface area contributed by atoms with Gasteiger partial charge in [0, 0.05) is 36.3 Å². The molecular weight excluding hydrogens is 359 g/mol. The lowest BCUT2D eigenvalue weighted by molar-refractivity contribution is -0.117. The van der Waals surface area contributed by atoms with E-state index in [1.807, 2.05) is 4.90 Å². The third-order valence-corrected chi connectivity index (χ3v) is 5.74. The molecule has 0 radical (unpaired) electrons. The number of pyridine rings is 1. The summed E-state index contributed by atoms with van der Waals surface area (Å²) >= 11 is 0. The smallest absolute Gasteiger partial charge is 0.269 e. The molecule has 3 N–H and O–H groups in total. The minimum absolute atomic E-state index is 0.00614. The number of aromatic nitrogens is 1. The molecule has 2 aliphatic rings. The van der Waals surface area contributed by atoms with Crippen LogP contribution in [0.3, 0.4) is 0 Å². The Balaban J connectivity index is 1.82. The Bertz CT molecular complexity index is 944. The van der Waals surface area contributed by atoms with Crippen molar-refractivity contribution in [2.75, 3.05) is 10.2 Å². The lowest BCUT2D eigenvalue weighted by Gasteiger charge is -2.46. The second kappa shape index (κ2) is 6.89. The Morgan fingerprint density at radius 2 is 2.04 bits per heavy atom. The van der Waals surface area contributed by atoms with Gasteiger partial charge < -0.3 is 16.0 Å². The fourth-order valence-corrected chi connectivity index (χ4v) is 4.42. The fraction of sp³-hybridized carbons (Fsp3) is 0.381. The number of nitrogens with two attached hydrogens (primary N) is 1. The summed E-state index contributed by atoms with van der Waals surface area (Å²) in [6, 6.07) is 7.70. The summed E-state index contributed by atoms with van der Waals surface area (Å²) in [5, 5.41) is 3.37. The Morgan fingerprint density at radius 1 is 1.29 bits per heavy atom. The quantitative estimate of drug-likeness (QED) is 0.850. The van der Waals surface area contributed by atoms with Crippen molar-refractivity contribution < 1.29 is 14.0 Å². The van der Waals surface area contributed by atoms with Crippen molar-refractivity contribution in [1.29, 1.82) is 0 Å². The second-order valence-electron chi connectivity index (χ2n) is 7.67. The van der Waals surface area contributed by atoms with E-state index in [1.54, 1.807) is 25.1 Å². The van der Waals surface area contributed by atoms with Gasteiger partial charge in [0.05, 0.1) is 11.7 Å². The van der Waals surface area contributed by atoms with E-state index >= 15 is 0 Å². The van der Waals surface area contributed by atoms with Gasteiger partial charge in [-0.05, 0) is 49.1 Å². The van der Waals surface area contributed by atoms with Gasteiger partial charge in [-0.25, -0.2) is 9.37 Å². The number of benzene rings is 1. The third-order valence-electron chi connectivity index (χ3n) is 5.74. The largest absolute Gasteiger partial charge is 0.376 e. The SMILES string of the molecule is CC(=O)N1c2ccc(F)cc2[C@H](Nc2cccnc2C(N)=O)[C@@H](C)[C@@H]1C1CC1. The van der Waals surface area contributed by atoms with Crippen molar-refractivity contribution >= 4 is 23.2 Å². The van der Waals surface area contributed by atoms with Gasteiger partial charge in [-0.2, -0.15) is 0 Å². The topological polar surface area (TPSA) is 88.3 Å². The maximum Gasteiger partial charge on any atom is 0.269 e. The third kappa shape index (κ3) is 3.10. The summed E-state index contributed by atoms with van der Waals surface area (Å²) in [6.45, 7) is 3.61. The second-order valence-corrected chi connectivity index (χ2v) is 7.67. The van der Waals surface area contributed by atoms with Gasteiger partial charge in [-0.1, -0.05) is 6.92 Å². The van der Waals surface area contributed by atoms with Crippen molar-refractivity contribution in [3.8, 4) is 0 Å². The van der Waals surface area contributed by atoms with E-state index in [2.05, 4.69) is 17.2 Å². The first-order valence-corrected chi connectivity index (χ1v) is 9.49. The highest BCUT2D eigenvalue weighted by Gasteiger charge is 2.47. The lowest BCUT2D eigenvalue weighted by atomic mass is 9.79. The van der Waals surface area contributed by atoms with Gasteiger partial charge in [0.2, 0.25) is 5.91 Å². The number of carbonyl (C=O) groups is 2. The van der Waals surface area contributed by atoms with Crippen LogP contribution in [0.1, 0.15) is 48.8 Å². The van der Waals surface area contributed by atoms with E-state index in [1.165, 1.54) is 18.3 Å². The summed E-state index contributed by atoms with van der Waals surface area (Å²) < 4.78 is 14.1. The van der Waals surface area contributed by atoms with Crippen LogP contribution in [-0.2, 0) is 4.79 Å². The number of fused-ring (bicyclic) bond motifs is 1. The maximum absolute atomic E-state index is 14.1. The van der Waals surface area contributed by atoms with E-state index in [0.29, 0.717) is 22.9 Å². The van der Waals surface area contributed by atoms with Crippen LogP contribution in [0.4, 0.5) is 15.8 Å². The van der Waals surface area contributed by atoms with E-state index in [4.69, 9.17) is 5.73 Å². The average molecular weight is 382 g/mol. The number of hydrogen-bond acceptors (Lipinski definition) is 4. The molecule has 6 nitrogen and oxygen atoms in total. The molecule has 4 rings (SSSR count). The van der Waals surface area contributed by atoms with Crippen LogP contribution in [-0.4, -0.2) is 22.8 Å². The fourth-order valence-electron chi connectivity index (χ4n) is 4.42. The molecule has 0 bridgehead atoms. The van der Waals surface area contributed by atoms with Gasteiger partial charge in [-0.15, -0.1) is 0 Å². The van der Waals surface area contributed by atoms with E-state index in [0.717, 1.165) is 12.8 Å². The predicted molar refractivity (Wildman–Crippen MR) is 104 cm³/mol. The number of nitrogens with one attached hydrogen (secondary N) is 1. The van der Waals surface area contributed by atoms with Crippen molar-refractivity contribution in [2.45, 2.75) is 38.8 Å². The Morgan fingerprint density at radius 3 is 2.68 bits per heavy atom. The van der Waals surface area contributed by atoms with Crippen LogP contribution >= 0.6 is 0 Å². The number of amides is 2. The van der Waals surface area contributed by atoms with Gasteiger partial charge in [0.1, 0.15) is 5.82 Å². The number of hydrogen-bond donors (Lipinski definition) is 2. The van der Waals surface area contributed by atoms with E-state index in [-0.39, 0.29) is 35.4 Å². The van der Waals surface area contributed by atoms with Crippen LogP contribution in [0.15, 0.2) is 36.5 Å². The molecule has 2 heterocycles. The molecule has 2 amide bonds. The van der Waals surface area contributed by atoms with Crippen LogP contribution in [0.25, 0.3) is 0 Å². The zero-order valence-corrected chi connectivity index (χ0v) is 15.9. The van der Waals surface area contributed by atoms with Gasteiger partial charge in [-0.3, -0.25) is 9.59 Å². The molecule has 146 valence electrons. The van der Waals surface area contributed by atoms with Crippen LogP contribution in [0.5, 0.6) is 0 Å². The number of anilines is 2. The van der Waals surface area contributed by atoms with Crippen LogP contribution < -0.4 is 16.0 Å². The zero-order chi connectivity index (χ0) is 20.0. The van der Waals surface area contributed by atoms with Gasteiger partial charge >= 0.3 is 0 Å². The highest BCUT2D eigenvalue weighted by Crippen LogP contribution is 2.50. The summed E-state index contributed by atoms with van der Waals surface area (Å²) in [5.41, 5.74) is 7.52. The first kappa shape index (κ1) is 18.4. The molecule has 1 aliphatic heterocycles. The first-order chi connectivity index (χ1) is 13.4. The Kier molecular flexibility index (Phi) is 4.53. The Hall–Kier alpha value is -2.96. The highest BCUT2D eigenvalue weighted by atomic mass is 19.1. The summed E-state index contributed by atoms with van der Waals surface area (Å²) in [6.07, 6.45) is 3.65. The molecule has 1 aliphatic carbocycles.